The third-order valence-corrected chi connectivity index (χ3v) is 3.55. The van der Waals surface area contributed by atoms with Crippen molar-refractivity contribution < 1.29 is 14.3 Å². The number of morpholine rings is 1. The molecular weight excluding hydrogens is 258 g/mol. The van der Waals surface area contributed by atoms with Gasteiger partial charge in [0.05, 0.1) is 19.6 Å². The number of hydrogen-bond acceptors (Lipinski definition) is 5. The number of nitrogens with zero attached hydrogens (tertiary/aromatic N) is 1. The molecule has 1 aromatic carbocycles. The Morgan fingerprint density at radius 3 is 2.45 bits per heavy atom. The van der Waals surface area contributed by atoms with Crippen LogP contribution < -0.4 is 15.5 Å². The Balaban J connectivity index is 1.64. The highest BCUT2D eigenvalue weighted by molar-refractivity contribution is 6.06. The Morgan fingerprint density at radius 1 is 1.15 bits per heavy atom. The normalized spacial score (nSPS) is 22.8. The van der Waals surface area contributed by atoms with Gasteiger partial charge in [0.25, 0.3) is 0 Å². The third-order valence-electron chi connectivity index (χ3n) is 3.55. The molecule has 0 bridgehead atoms. The minimum Gasteiger partial charge on any atom is -0.378 e. The van der Waals surface area contributed by atoms with Crippen molar-refractivity contribution in [2.24, 2.45) is 0 Å². The molecule has 106 valence electrons. The van der Waals surface area contributed by atoms with Crippen molar-refractivity contribution in [2.75, 3.05) is 36.5 Å². The molecule has 2 fully saturated rings. The van der Waals surface area contributed by atoms with E-state index in [9.17, 15) is 9.59 Å². The van der Waals surface area contributed by atoms with E-state index in [2.05, 4.69) is 15.5 Å². The van der Waals surface area contributed by atoms with Crippen LogP contribution in [0.4, 0.5) is 11.4 Å². The number of ether oxygens (including phenoxy) is 1. The molecule has 0 spiro atoms. The van der Waals surface area contributed by atoms with Crippen molar-refractivity contribution in [3.05, 3.63) is 24.3 Å². The summed E-state index contributed by atoms with van der Waals surface area (Å²) in [6.45, 7) is 3.30. The number of nitrogens with one attached hydrogen (secondary N) is 2. The van der Waals surface area contributed by atoms with Crippen molar-refractivity contribution in [1.82, 2.24) is 5.32 Å². The van der Waals surface area contributed by atoms with Gasteiger partial charge >= 0.3 is 0 Å². The number of benzene rings is 1. The van der Waals surface area contributed by atoms with Crippen LogP contribution in [-0.4, -0.2) is 44.2 Å². The predicted octanol–water partition coefficient (Wildman–Crippen LogP) is 0.350. The lowest BCUT2D eigenvalue weighted by molar-refractivity contribution is -0.124. The maximum absolute atomic E-state index is 11.5. The zero-order valence-electron chi connectivity index (χ0n) is 11.1. The molecule has 6 heteroatoms. The summed E-state index contributed by atoms with van der Waals surface area (Å²) in [6, 6.07) is 7.43. The van der Waals surface area contributed by atoms with Crippen molar-refractivity contribution in [1.29, 1.82) is 0 Å². The largest absolute Gasteiger partial charge is 0.378 e. The number of anilines is 2. The summed E-state index contributed by atoms with van der Waals surface area (Å²) in [4.78, 5) is 24.9. The number of imide groups is 1. The minimum absolute atomic E-state index is 0.198. The lowest BCUT2D eigenvalue weighted by Crippen LogP contribution is -2.36. The van der Waals surface area contributed by atoms with E-state index in [0.29, 0.717) is 0 Å². The number of carbonyl (C=O) groups is 2. The smallest absolute Gasteiger partial charge is 0.249 e. The molecule has 6 nitrogen and oxygen atoms in total. The van der Waals surface area contributed by atoms with Crippen molar-refractivity contribution in [3.8, 4) is 0 Å². The van der Waals surface area contributed by atoms with E-state index in [4.69, 9.17) is 4.74 Å². The number of rotatable bonds is 3. The van der Waals surface area contributed by atoms with Crippen LogP contribution in [0.25, 0.3) is 0 Å². The Bertz CT molecular complexity index is 509. The molecule has 1 unspecified atom stereocenters. The molecule has 2 saturated heterocycles. The predicted molar refractivity (Wildman–Crippen MR) is 74.7 cm³/mol. The van der Waals surface area contributed by atoms with E-state index in [1.807, 2.05) is 24.3 Å². The Labute approximate surface area is 117 Å². The number of amides is 2. The third kappa shape index (κ3) is 2.75. The van der Waals surface area contributed by atoms with Crippen molar-refractivity contribution >= 4 is 23.2 Å². The van der Waals surface area contributed by atoms with Crippen LogP contribution in [0.2, 0.25) is 0 Å². The van der Waals surface area contributed by atoms with Gasteiger partial charge in [-0.2, -0.15) is 0 Å². The van der Waals surface area contributed by atoms with Gasteiger partial charge in [0.15, 0.2) is 0 Å². The Kier molecular flexibility index (Phi) is 3.56. The first kappa shape index (κ1) is 12.9. The highest BCUT2D eigenvalue weighted by Crippen LogP contribution is 2.20. The molecule has 1 aromatic rings. The summed E-state index contributed by atoms with van der Waals surface area (Å²) in [5.74, 6) is -0.482. The van der Waals surface area contributed by atoms with Crippen LogP contribution >= 0.6 is 0 Å². The van der Waals surface area contributed by atoms with Gasteiger partial charge in [-0.3, -0.25) is 14.9 Å². The molecule has 2 heterocycles. The van der Waals surface area contributed by atoms with Gasteiger partial charge < -0.3 is 15.0 Å². The van der Waals surface area contributed by atoms with Crippen LogP contribution in [0.1, 0.15) is 6.42 Å². The van der Waals surface area contributed by atoms with E-state index in [1.54, 1.807) is 0 Å². The molecule has 2 aliphatic rings. The lowest BCUT2D eigenvalue weighted by atomic mass is 10.2. The quantitative estimate of drug-likeness (QED) is 0.779. The highest BCUT2D eigenvalue weighted by atomic mass is 16.5. The van der Waals surface area contributed by atoms with E-state index >= 15 is 0 Å². The van der Waals surface area contributed by atoms with E-state index < -0.39 is 6.04 Å². The van der Waals surface area contributed by atoms with Crippen LogP contribution in [0.5, 0.6) is 0 Å². The summed E-state index contributed by atoms with van der Waals surface area (Å²) >= 11 is 0. The summed E-state index contributed by atoms with van der Waals surface area (Å²) in [6.07, 6.45) is 0.198. The Morgan fingerprint density at radius 2 is 1.85 bits per heavy atom. The summed E-state index contributed by atoms with van der Waals surface area (Å²) in [5.41, 5.74) is 1.99. The van der Waals surface area contributed by atoms with E-state index in [-0.39, 0.29) is 18.2 Å². The summed E-state index contributed by atoms with van der Waals surface area (Å²) in [5, 5.41) is 5.36. The molecule has 0 aromatic heterocycles. The standard InChI is InChI=1S/C14H17N3O3/c18-13-9-12(14(19)16-13)15-10-1-3-11(4-2-10)17-5-7-20-8-6-17/h1-4,12,15H,5-9H2,(H,16,18,19). The topological polar surface area (TPSA) is 70.7 Å². The fraction of sp³-hybridized carbons (Fsp3) is 0.429. The van der Waals surface area contributed by atoms with Gasteiger partial charge in [-0.1, -0.05) is 0 Å². The molecule has 0 radical (unpaired) electrons. The number of carbonyl (C=O) groups excluding carboxylic acids is 2. The zero-order valence-corrected chi connectivity index (χ0v) is 11.1. The average Bonchev–Trinajstić information content (AvgIpc) is 2.79. The monoisotopic (exact) mass is 275 g/mol. The average molecular weight is 275 g/mol. The van der Waals surface area contributed by atoms with Crippen molar-refractivity contribution in [3.63, 3.8) is 0 Å². The van der Waals surface area contributed by atoms with Crippen molar-refractivity contribution in [2.45, 2.75) is 12.5 Å². The first-order chi connectivity index (χ1) is 9.72. The molecular formula is C14H17N3O3. The second-order valence-electron chi connectivity index (χ2n) is 4.96. The Hall–Kier alpha value is -2.08. The minimum atomic E-state index is -0.461. The van der Waals surface area contributed by atoms with E-state index in [1.165, 1.54) is 0 Å². The van der Waals surface area contributed by atoms with Gasteiger partial charge in [0.2, 0.25) is 11.8 Å². The molecule has 0 saturated carbocycles. The molecule has 2 aliphatic heterocycles. The first-order valence-corrected chi connectivity index (χ1v) is 6.75. The molecule has 2 N–H and O–H groups in total. The second-order valence-corrected chi connectivity index (χ2v) is 4.96. The van der Waals surface area contributed by atoms with Crippen LogP contribution in [-0.2, 0) is 14.3 Å². The fourth-order valence-corrected chi connectivity index (χ4v) is 2.46. The fourth-order valence-electron chi connectivity index (χ4n) is 2.46. The van der Waals surface area contributed by atoms with Crippen LogP contribution in [0, 0.1) is 0 Å². The lowest BCUT2D eigenvalue weighted by Gasteiger charge is -2.29. The maximum atomic E-state index is 11.5. The summed E-state index contributed by atoms with van der Waals surface area (Å²) < 4.78 is 5.33. The van der Waals surface area contributed by atoms with Gasteiger partial charge in [-0.25, -0.2) is 0 Å². The molecule has 0 aliphatic carbocycles. The highest BCUT2D eigenvalue weighted by Gasteiger charge is 2.30. The summed E-state index contributed by atoms with van der Waals surface area (Å²) in [7, 11) is 0. The van der Waals surface area contributed by atoms with Gasteiger partial charge in [0, 0.05) is 24.5 Å². The molecule has 20 heavy (non-hydrogen) atoms. The second kappa shape index (κ2) is 5.50. The van der Waals surface area contributed by atoms with Crippen LogP contribution in [0.15, 0.2) is 24.3 Å². The SMILES string of the molecule is O=C1CC(Nc2ccc(N3CCOCC3)cc2)C(=O)N1. The molecule has 2 amide bonds. The van der Waals surface area contributed by atoms with Gasteiger partial charge in [-0.05, 0) is 24.3 Å². The molecule has 1 atom stereocenters. The van der Waals surface area contributed by atoms with E-state index in [0.717, 1.165) is 37.7 Å². The van der Waals surface area contributed by atoms with Crippen LogP contribution in [0.3, 0.4) is 0 Å². The maximum Gasteiger partial charge on any atom is 0.249 e. The first-order valence-electron chi connectivity index (χ1n) is 6.75. The zero-order chi connectivity index (χ0) is 13.9. The van der Waals surface area contributed by atoms with Gasteiger partial charge in [-0.15, -0.1) is 0 Å². The number of hydrogen-bond donors (Lipinski definition) is 2. The van der Waals surface area contributed by atoms with Gasteiger partial charge in [0.1, 0.15) is 6.04 Å². The molecule has 3 rings (SSSR count).